The number of Topliss-reactive ketones (excluding diaryl/α,β-unsaturated/α-hetero) is 1. The number of hydrogen-bond donors (Lipinski definition) is 2. The first-order chi connectivity index (χ1) is 8.90. The van der Waals surface area contributed by atoms with E-state index in [0.717, 1.165) is 6.42 Å². The van der Waals surface area contributed by atoms with E-state index in [1.54, 1.807) is 0 Å². The minimum atomic E-state index is -3.65. The van der Waals surface area contributed by atoms with Crippen molar-refractivity contribution in [2.75, 3.05) is 12.4 Å². The van der Waals surface area contributed by atoms with E-state index in [1.807, 2.05) is 6.92 Å². The zero-order chi connectivity index (χ0) is 14.5. The highest BCUT2D eigenvalue weighted by atomic mass is 32.2. The number of aliphatic hydroxyl groups excluding tert-OH is 2. The summed E-state index contributed by atoms with van der Waals surface area (Å²) in [6, 6.07) is 5.64. The number of rotatable bonds is 7. The number of hydrogen-bond acceptors (Lipinski definition) is 5. The van der Waals surface area contributed by atoms with Gasteiger partial charge >= 0.3 is 0 Å². The van der Waals surface area contributed by atoms with Crippen LogP contribution in [0.4, 0.5) is 0 Å². The summed E-state index contributed by atoms with van der Waals surface area (Å²) in [4.78, 5) is 11.6. The molecule has 2 N–H and O–H groups in total. The molecule has 0 aromatic heterocycles. The highest BCUT2D eigenvalue weighted by molar-refractivity contribution is 7.91. The highest BCUT2D eigenvalue weighted by Crippen LogP contribution is 2.15. The molecule has 6 heteroatoms. The van der Waals surface area contributed by atoms with Crippen LogP contribution in [0.3, 0.4) is 0 Å². The van der Waals surface area contributed by atoms with Crippen LogP contribution in [0.5, 0.6) is 0 Å². The molecule has 0 saturated carbocycles. The average Bonchev–Trinajstić information content (AvgIpc) is 2.38. The molecule has 1 rings (SSSR count). The van der Waals surface area contributed by atoms with Gasteiger partial charge < -0.3 is 10.2 Å². The molecule has 0 fully saturated rings. The first-order valence-corrected chi connectivity index (χ1v) is 7.71. The first kappa shape index (κ1) is 15.8. The molecule has 0 aliphatic carbocycles. The maximum atomic E-state index is 11.9. The first-order valence-electron chi connectivity index (χ1n) is 6.05. The molecule has 0 aliphatic rings. The van der Waals surface area contributed by atoms with Crippen LogP contribution < -0.4 is 0 Å². The van der Waals surface area contributed by atoms with Gasteiger partial charge in [0.25, 0.3) is 0 Å². The minimum absolute atomic E-state index is 0.0261. The van der Waals surface area contributed by atoms with Crippen molar-refractivity contribution >= 4 is 15.6 Å². The molecule has 1 atom stereocenters. The Labute approximate surface area is 112 Å². The normalized spacial score (nSPS) is 13.2. The standard InChI is InChI=1S/C13H18O5S/c1-2-3-13(16)10-4-6-12(7-5-10)19(17,18)9-11(15)8-14/h4-7,11,14-15H,2-3,8-9H2,1H3. The summed E-state index contributed by atoms with van der Waals surface area (Å²) >= 11 is 0. The van der Waals surface area contributed by atoms with Crippen LogP contribution in [-0.2, 0) is 9.84 Å². The van der Waals surface area contributed by atoms with Gasteiger partial charge in [0.2, 0.25) is 0 Å². The summed E-state index contributed by atoms with van der Waals surface area (Å²) in [5.74, 6) is -0.562. The Balaban J connectivity index is 2.89. The Kier molecular flexibility index (Phi) is 5.65. The quantitative estimate of drug-likeness (QED) is 0.723. The van der Waals surface area contributed by atoms with E-state index >= 15 is 0 Å². The van der Waals surface area contributed by atoms with Crippen molar-refractivity contribution in [3.63, 3.8) is 0 Å². The topological polar surface area (TPSA) is 91.7 Å². The number of sulfone groups is 1. The zero-order valence-electron chi connectivity index (χ0n) is 10.7. The lowest BCUT2D eigenvalue weighted by atomic mass is 10.1. The molecule has 0 aliphatic heterocycles. The SMILES string of the molecule is CCCC(=O)c1ccc(S(=O)(=O)CC(O)CO)cc1. The van der Waals surface area contributed by atoms with Gasteiger partial charge in [-0.05, 0) is 18.6 Å². The Morgan fingerprint density at radius 1 is 1.26 bits per heavy atom. The summed E-state index contributed by atoms with van der Waals surface area (Å²) in [5, 5.41) is 17.8. The number of carbonyl (C=O) groups is 1. The molecule has 0 bridgehead atoms. The third kappa shape index (κ3) is 4.41. The van der Waals surface area contributed by atoms with Crippen LogP contribution in [0.25, 0.3) is 0 Å². The lowest BCUT2D eigenvalue weighted by Crippen LogP contribution is -2.24. The smallest absolute Gasteiger partial charge is 0.181 e. The Bertz CT molecular complexity index is 518. The summed E-state index contributed by atoms with van der Waals surface area (Å²) in [5.41, 5.74) is 0.475. The van der Waals surface area contributed by atoms with Gasteiger partial charge in [-0.3, -0.25) is 4.79 Å². The van der Waals surface area contributed by atoms with Crippen LogP contribution in [0.15, 0.2) is 29.2 Å². The molecule has 5 nitrogen and oxygen atoms in total. The summed E-state index contributed by atoms with van der Waals surface area (Å²) in [6.45, 7) is 1.29. The van der Waals surface area contributed by atoms with Crippen molar-refractivity contribution in [2.45, 2.75) is 30.8 Å². The molecular formula is C13H18O5S. The lowest BCUT2D eigenvalue weighted by Gasteiger charge is -2.09. The van der Waals surface area contributed by atoms with Crippen LogP contribution in [0.2, 0.25) is 0 Å². The van der Waals surface area contributed by atoms with Gasteiger partial charge in [0.1, 0.15) is 0 Å². The Morgan fingerprint density at radius 2 is 1.84 bits per heavy atom. The molecule has 0 amide bonds. The van der Waals surface area contributed by atoms with Gasteiger partial charge in [-0.1, -0.05) is 19.1 Å². The molecule has 1 aromatic carbocycles. The molecule has 0 spiro atoms. The highest BCUT2D eigenvalue weighted by Gasteiger charge is 2.19. The monoisotopic (exact) mass is 286 g/mol. The van der Waals surface area contributed by atoms with Crippen LogP contribution in [0, 0.1) is 0 Å². The largest absolute Gasteiger partial charge is 0.394 e. The molecular weight excluding hydrogens is 268 g/mol. The van der Waals surface area contributed by atoms with Gasteiger partial charge in [-0.15, -0.1) is 0 Å². The molecule has 0 saturated heterocycles. The van der Waals surface area contributed by atoms with E-state index < -0.39 is 28.3 Å². The zero-order valence-corrected chi connectivity index (χ0v) is 11.6. The number of ketones is 1. The second kappa shape index (κ2) is 6.79. The van der Waals surface area contributed by atoms with Crippen molar-refractivity contribution in [1.29, 1.82) is 0 Å². The fraction of sp³-hybridized carbons (Fsp3) is 0.462. The van der Waals surface area contributed by atoms with Crippen LogP contribution in [0.1, 0.15) is 30.1 Å². The second-order valence-corrected chi connectivity index (χ2v) is 6.35. The van der Waals surface area contributed by atoms with E-state index in [1.165, 1.54) is 24.3 Å². The summed E-state index contributed by atoms with van der Waals surface area (Å²) < 4.78 is 23.7. The molecule has 1 aromatic rings. The minimum Gasteiger partial charge on any atom is -0.394 e. The van der Waals surface area contributed by atoms with Crippen molar-refractivity contribution in [2.24, 2.45) is 0 Å². The maximum Gasteiger partial charge on any atom is 0.181 e. The van der Waals surface area contributed by atoms with Gasteiger partial charge in [-0.2, -0.15) is 0 Å². The summed E-state index contributed by atoms with van der Waals surface area (Å²) in [7, 11) is -3.65. The van der Waals surface area contributed by atoms with Gasteiger partial charge in [-0.25, -0.2) is 8.42 Å². The summed E-state index contributed by atoms with van der Waals surface area (Å²) in [6.07, 6.45) is -0.136. The fourth-order valence-electron chi connectivity index (χ4n) is 1.62. The van der Waals surface area contributed by atoms with Crippen molar-refractivity contribution in [3.8, 4) is 0 Å². The van der Waals surface area contributed by atoms with Crippen molar-refractivity contribution in [3.05, 3.63) is 29.8 Å². The Morgan fingerprint density at radius 3 is 2.32 bits per heavy atom. The average molecular weight is 286 g/mol. The molecule has 0 radical (unpaired) electrons. The molecule has 19 heavy (non-hydrogen) atoms. The van der Waals surface area contributed by atoms with Crippen molar-refractivity contribution < 1.29 is 23.4 Å². The van der Waals surface area contributed by atoms with Gasteiger partial charge in [0.15, 0.2) is 15.6 Å². The lowest BCUT2D eigenvalue weighted by molar-refractivity contribution is 0.0981. The van der Waals surface area contributed by atoms with Crippen molar-refractivity contribution in [1.82, 2.24) is 0 Å². The number of benzene rings is 1. The van der Waals surface area contributed by atoms with Gasteiger partial charge in [0.05, 0.1) is 23.4 Å². The predicted molar refractivity (Wildman–Crippen MR) is 70.8 cm³/mol. The Hall–Kier alpha value is -1.24. The fourth-order valence-corrected chi connectivity index (χ4v) is 2.98. The third-order valence-electron chi connectivity index (χ3n) is 2.64. The number of aliphatic hydroxyl groups is 2. The van der Waals surface area contributed by atoms with Crippen LogP contribution in [-0.4, -0.2) is 42.9 Å². The van der Waals surface area contributed by atoms with Crippen LogP contribution >= 0.6 is 0 Å². The molecule has 0 heterocycles. The van der Waals surface area contributed by atoms with E-state index in [-0.39, 0.29) is 10.7 Å². The van der Waals surface area contributed by atoms with E-state index in [4.69, 9.17) is 5.11 Å². The van der Waals surface area contributed by atoms with Gasteiger partial charge in [0, 0.05) is 12.0 Å². The maximum absolute atomic E-state index is 11.9. The third-order valence-corrected chi connectivity index (χ3v) is 4.45. The predicted octanol–water partition coefficient (Wildman–Crippen LogP) is 0.796. The van der Waals surface area contributed by atoms with E-state index in [9.17, 15) is 18.3 Å². The molecule has 106 valence electrons. The number of carbonyl (C=O) groups excluding carboxylic acids is 1. The van der Waals surface area contributed by atoms with E-state index in [0.29, 0.717) is 12.0 Å². The van der Waals surface area contributed by atoms with E-state index in [2.05, 4.69) is 0 Å². The second-order valence-electron chi connectivity index (χ2n) is 4.32. The molecule has 1 unspecified atom stereocenters.